The first-order valence-corrected chi connectivity index (χ1v) is 10.9. The van der Waals surface area contributed by atoms with E-state index in [4.69, 9.17) is 0 Å². The van der Waals surface area contributed by atoms with Crippen molar-refractivity contribution in [1.82, 2.24) is 4.31 Å². The highest BCUT2D eigenvalue weighted by molar-refractivity contribution is 7.89. The fourth-order valence-electron chi connectivity index (χ4n) is 3.47. The molecule has 152 valence electrons. The minimum Gasteiger partial charge on any atom is -0.258 e. The molecule has 3 atom stereocenters. The van der Waals surface area contributed by atoms with Gasteiger partial charge in [0.25, 0.3) is 5.69 Å². The molecule has 0 aromatic heterocycles. The van der Waals surface area contributed by atoms with Crippen LogP contribution in [0.2, 0.25) is 0 Å². The summed E-state index contributed by atoms with van der Waals surface area (Å²) in [5.41, 5.74) is 2.65. The van der Waals surface area contributed by atoms with E-state index in [1.165, 1.54) is 16.4 Å². The van der Waals surface area contributed by atoms with Gasteiger partial charge in [0.15, 0.2) is 0 Å². The topological polar surface area (TPSA) is 80.3 Å². The Hall–Kier alpha value is -3.29. The molecule has 1 aliphatic heterocycles. The van der Waals surface area contributed by atoms with Crippen LogP contribution in [0, 0.1) is 17.0 Å². The van der Waals surface area contributed by atoms with Gasteiger partial charge in [0.05, 0.1) is 21.9 Å². The molecule has 3 aromatic carbocycles. The largest absolute Gasteiger partial charge is 0.269 e. The molecular formula is C23H20N2O4S. The highest BCUT2D eigenvalue weighted by Crippen LogP contribution is 2.48. The molecule has 1 unspecified atom stereocenters. The molecular weight excluding hydrogens is 400 g/mol. The Morgan fingerprint density at radius 2 is 1.57 bits per heavy atom. The minimum atomic E-state index is -3.71. The lowest BCUT2D eigenvalue weighted by atomic mass is 10.1. The third kappa shape index (κ3) is 3.90. The van der Waals surface area contributed by atoms with Crippen LogP contribution >= 0.6 is 0 Å². The number of nitro groups is 1. The number of non-ortho nitro benzene ring substituents is 1. The lowest BCUT2D eigenvalue weighted by Crippen LogP contribution is -2.14. The molecule has 0 spiro atoms. The zero-order chi connectivity index (χ0) is 21.3. The molecule has 1 aliphatic rings. The number of hydrogen-bond acceptors (Lipinski definition) is 4. The van der Waals surface area contributed by atoms with Gasteiger partial charge in [0.1, 0.15) is 0 Å². The molecule has 30 heavy (non-hydrogen) atoms. The van der Waals surface area contributed by atoms with Crippen molar-refractivity contribution in [2.75, 3.05) is 0 Å². The second-order valence-electron chi connectivity index (χ2n) is 7.20. The Morgan fingerprint density at radius 3 is 2.17 bits per heavy atom. The molecule has 0 radical (unpaired) electrons. The fraction of sp³-hybridized carbons (Fsp3) is 0.130. The average molecular weight is 420 g/mol. The maximum atomic E-state index is 13.3. The molecule has 6 nitrogen and oxygen atoms in total. The van der Waals surface area contributed by atoms with Crippen molar-refractivity contribution in [3.63, 3.8) is 0 Å². The van der Waals surface area contributed by atoms with Gasteiger partial charge in [-0.25, -0.2) is 8.42 Å². The first-order valence-electron chi connectivity index (χ1n) is 9.46. The van der Waals surface area contributed by atoms with Crippen LogP contribution in [-0.4, -0.2) is 23.7 Å². The predicted octanol–water partition coefficient (Wildman–Crippen LogP) is 4.73. The van der Waals surface area contributed by atoms with Crippen molar-refractivity contribution in [2.24, 2.45) is 0 Å². The van der Waals surface area contributed by atoms with Gasteiger partial charge in [-0.05, 0) is 30.2 Å². The summed E-state index contributed by atoms with van der Waals surface area (Å²) in [4.78, 5) is 10.7. The number of sulfonamides is 1. The van der Waals surface area contributed by atoms with Gasteiger partial charge in [-0.1, -0.05) is 72.3 Å². The van der Waals surface area contributed by atoms with Crippen LogP contribution in [0.1, 0.15) is 22.7 Å². The van der Waals surface area contributed by atoms with Crippen molar-refractivity contribution >= 4 is 21.8 Å². The molecule has 7 heteroatoms. The summed E-state index contributed by atoms with van der Waals surface area (Å²) in [6, 6.07) is 21.7. The molecule has 0 N–H and O–H groups in total. The van der Waals surface area contributed by atoms with E-state index in [9.17, 15) is 18.5 Å². The molecule has 3 aromatic rings. The van der Waals surface area contributed by atoms with Crippen LogP contribution in [0.5, 0.6) is 0 Å². The SMILES string of the molecule is Cc1ccc(S(=O)(=O)N2[C@H](c3ccc([N+](=O)[O-])cc3)[C@@H]2/C=C/c2ccccc2)cc1. The molecule has 0 bridgehead atoms. The number of rotatable bonds is 6. The third-order valence-corrected chi connectivity index (χ3v) is 7.02. The Kier molecular flexibility index (Phi) is 5.24. The normalized spacial score (nSPS) is 20.9. The summed E-state index contributed by atoms with van der Waals surface area (Å²) in [6.45, 7) is 1.90. The fourth-order valence-corrected chi connectivity index (χ4v) is 5.19. The monoisotopic (exact) mass is 420 g/mol. The number of aryl methyl sites for hydroxylation is 1. The summed E-state index contributed by atoms with van der Waals surface area (Å²) in [6.07, 6.45) is 3.76. The van der Waals surface area contributed by atoms with Crippen LogP contribution in [-0.2, 0) is 10.0 Å². The van der Waals surface area contributed by atoms with Gasteiger partial charge >= 0.3 is 0 Å². The van der Waals surface area contributed by atoms with Crippen LogP contribution in [0.25, 0.3) is 6.08 Å². The Morgan fingerprint density at radius 1 is 0.933 bits per heavy atom. The first-order chi connectivity index (χ1) is 14.4. The average Bonchev–Trinajstić information content (AvgIpc) is 3.49. The molecule has 1 heterocycles. The minimum absolute atomic E-state index is 0.0243. The van der Waals surface area contributed by atoms with Crippen LogP contribution < -0.4 is 0 Å². The lowest BCUT2D eigenvalue weighted by Gasteiger charge is -2.07. The van der Waals surface area contributed by atoms with E-state index in [0.29, 0.717) is 0 Å². The number of benzene rings is 3. The van der Waals surface area contributed by atoms with Gasteiger partial charge < -0.3 is 0 Å². The number of hydrogen-bond donors (Lipinski definition) is 0. The Bertz CT molecular complexity index is 1190. The van der Waals surface area contributed by atoms with Crippen molar-refractivity contribution in [2.45, 2.75) is 23.9 Å². The van der Waals surface area contributed by atoms with Gasteiger partial charge in [0, 0.05) is 12.1 Å². The number of nitrogens with zero attached hydrogens (tertiary/aromatic N) is 2. The van der Waals surface area contributed by atoms with E-state index in [2.05, 4.69) is 0 Å². The summed E-state index contributed by atoms with van der Waals surface area (Å²) in [5.74, 6) is 0. The highest BCUT2D eigenvalue weighted by Gasteiger charge is 2.54. The molecule has 0 saturated carbocycles. The van der Waals surface area contributed by atoms with E-state index in [-0.39, 0.29) is 16.6 Å². The van der Waals surface area contributed by atoms with E-state index in [0.717, 1.165) is 16.7 Å². The van der Waals surface area contributed by atoms with Crippen LogP contribution in [0.3, 0.4) is 0 Å². The second kappa shape index (κ2) is 7.85. The lowest BCUT2D eigenvalue weighted by molar-refractivity contribution is -0.384. The van der Waals surface area contributed by atoms with Gasteiger partial charge in [-0.15, -0.1) is 0 Å². The molecule has 1 saturated heterocycles. The van der Waals surface area contributed by atoms with Gasteiger partial charge in [-0.2, -0.15) is 4.31 Å². The quantitative estimate of drug-likeness (QED) is 0.328. The molecule has 0 aliphatic carbocycles. The highest BCUT2D eigenvalue weighted by atomic mass is 32.2. The maximum Gasteiger partial charge on any atom is 0.269 e. The first kappa shape index (κ1) is 20.0. The zero-order valence-electron chi connectivity index (χ0n) is 16.3. The van der Waals surface area contributed by atoms with Crippen molar-refractivity contribution in [1.29, 1.82) is 0 Å². The third-order valence-electron chi connectivity index (χ3n) is 5.13. The standard InChI is InChI=1S/C23H20N2O4S/c1-17-7-14-21(15-8-17)30(28,29)24-22(16-9-18-5-3-2-4-6-18)23(24)19-10-12-20(13-11-19)25(26)27/h2-16,22-23H,1H3/b16-9+/t22-,23+,24?/m0/s1. The maximum absolute atomic E-state index is 13.3. The van der Waals surface area contributed by atoms with Crippen molar-refractivity contribution in [3.8, 4) is 0 Å². The van der Waals surface area contributed by atoms with E-state index >= 15 is 0 Å². The Balaban J connectivity index is 1.68. The van der Waals surface area contributed by atoms with Crippen molar-refractivity contribution in [3.05, 3.63) is 112 Å². The molecule has 0 amide bonds. The van der Waals surface area contributed by atoms with Crippen LogP contribution in [0.4, 0.5) is 5.69 Å². The summed E-state index contributed by atoms with van der Waals surface area (Å²) < 4.78 is 28.0. The van der Waals surface area contributed by atoms with Crippen molar-refractivity contribution < 1.29 is 13.3 Å². The smallest absolute Gasteiger partial charge is 0.258 e. The predicted molar refractivity (Wildman–Crippen MR) is 115 cm³/mol. The Labute approximate surface area is 175 Å². The van der Waals surface area contributed by atoms with E-state index in [1.807, 2.05) is 49.4 Å². The van der Waals surface area contributed by atoms with E-state index in [1.54, 1.807) is 36.4 Å². The van der Waals surface area contributed by atoms with E-state index < -0.39 is 21.0 Å². The summed E-state index contributed by atoms with van der Waals surface area (Å²) in [7, 11) is -3.71. The second-order valence-corrected chi connectivity index (χ2v) is 9.05. The zero-order valence-corrected chi connectivity index (χ0v) is 17.1. The van der Waals surface area contributed by atoms with Gasteiger partial charge in [0.2, 0.25) is 10.0 Å². The van der Waals surface area contributed by atoms with Crippen LogP contribution in [0.15, 0.2) is 89.8 Å². The van der Waals surface area contributed by atoms with Gasteiger partial charge in [-0.3, -0.25) is 10.1 Å². The molecule has 4 rings (SSSR count). The molecule has 1 fully saturated rings. The number of nitro benzene ring substituents is 1. The summed E-state index contributed by atoms with van der Waals surface area (Å²) in [5, 5.41) is 10.9. The summed E-state index contributed by atoms with van der Waals surface area (Å²) >= 11 is 0.